The van der Waals surface area contributed by atoms with E-state index in [4.69, 9.17) is 16.3 Å². The first-order chi connectivity index (χ1) is 17.3. The molecule has 2 atom stereocenters. The second kappa shape index (κ2) is 10.3. The molecule has 1 saturated heterocycles. The Kier molecular flexibility index (Phi) is 7.07. The van der Waals surface area contributed by atoms with Gasteiger partial charge in [-0.3, -0.25) is 9.48 Å². The highest BCUT2D eigenvalue weighted by Crippen LogP contribution is 2.35. The first-order valence-electron chi connectivity index (χ1n) is 12.1. The van der Waals surface area contributed by atoms with Crippen molar-refractivity contribution < 1.29 is 22.7 Å². The van der Waals surface area contributed by atoms with Gasteiger partial charge in [-0.2, -0.15) is 18.3 Å². The Morgan fingerprint density at radius 2 is 1.89 bits per heavy atom. The fraction of sp³-hybridized carbons (Fsp3) is 0.480. The Bertz CT molecular complexity index is 1240. The first-order valence-corrected chi connectivity index (χ1v) is 12.5. The molecule has 2 fully saturated rings. The van der Waals surface area contributed by atoms with Crippen molar-refractivity contribution in [3.8, 4) is 0 Å². The molecule has 1 aliphatic carbocycles. The third-order valence-electron chi connectivity index (χ3n) is 6.86. The number of aromatic nitrogens is 3. The number of alkyl halides is 3. The van der Waals surface area contributed by atoms with Crippen LogP contribution in [-0.4, -0.2) is 46.0 Å². The summed E-state index contributed by atoms with van der Waals surface area (Å²) in [6, 6.07) is 5.68. The van der Waals surface area contributed by atoms with E-state index < -0.39 is 11.9 Å². The van der Waals surface area contributed by atoms with Crippen molar-refractivity contribution in [3.63, 3.8) is 0 Å². The third kappa shape index (κ3) is 5.59. The number of fused-ring (bicyclic) bond motifs is 1. The molecular weight excluding hydrogens is 495 g/mol. The van der Waals surface area contributed by atoms with Gasteiger partial charge in [0.1, 0.15) is 5.69 Å². The molecule has 11 heteroatoms. The van der Waals surface area contributed by atoms with Crippen LogP contribution in [0.25, 0.3) is 10.9 Å². The van der Waals surface area contributed by atoms with Gasteiger partial charge in [0.15, 0.2) is 0 Å². The van der Waals surface area contributed by atoms with E-state index in [0.717, 1.165) is 38.2 Å². The van der Waals surface area contributed by atoms with E-state index >= 15 is 0 Å². The van der Waals surface area contributed by atoms with Crippen LogP contribution in [0.4, 0.5) is 18.9 Å². The molecular formula is C25H27ClF3N5O2. The summed E-state index contributed by atoms with van der Waals surface area (Å²) < 4.78 is 47.6. The summed E-state index contributed by atoms with van der Waals surface area (Å²) in [4.78, 5) is 16.7. The van der Waals surface area contributed by atoms with Crippen LogP contribution in [0.2, 0.25) is 5.02 Å². The average Bonchev–Trinajstić information content (AvgIpc) is 3.35. The van der Waals surface area contributed by atoms with Crippen LogP contribution < -0.4 is 10.6 Å². The molecule has 1 saturated carbocycles. The Morgan fingerprint density at radius 1 is 1.11 bits per heavy atom. The molecule has 2 N–H and O–H groups in total. The van der Waals surface area contributed by atoms with Crippen LogP contribution in [0.15, 0.2) is 36.7 Å². The van der Waals surface area contributed by atoms with E-state index in [9.17, 15) is 18.0 Å². The number of carbonyl (C=O) groups excluding carboxylic acids is 1. The van der Waals surface area contributed by atoms with Crippen molar-refractivity contribution in [1.82, 2.24) is 20.1 Å². The summed E-state index contributed by atoms with van der Waals surface area (Å²) in [6.07, 6.45) is 3.51. The van der Waals surface area contributed by atoms with Crippen molar-refractivity contribution in [2.75, 3.05) is 18.5 Å². The molecule has 1 aliphatic heterocycles. The zero-order valence-corrected chi connectivity index (χ0v) is 20.3. The van der Waals surface area contributed by atoms with Gasteiger partial charge in [0.05, 0.1) is 23.3 Å². The zero-order valence-electron chi connectivity index (χ0n) is 19.5. The highest BCUT2D eigenvalue weighted by Gasteiger charge is 2.34. The number of nitrogens with zero attached hydrogens (tertiary/aromatic N) is 3. The number of amides is 1. The van der Waals surface area contributed by atoms with Gasteiger partial charge in [0.2, 0.25) is 0 Å². The lowest BCUT2D eigenvalue weighted by Gasteiger charge is -2.31. The van der Waals surface area contributed by atoms with Gasteiger partial charge in [0, 0.05) is 47.6 Å². The Morgan fingerprint density at radius 3 is 2.67 bits per heavy atom. The number of halogens is 4. The highest BCUT2D eigenvalue weighted by molar-refractivity contribution is 6.31. The van der Waals surface area contributed by atoms with E-state index in [-0.39, 0.29) is 29.5 Å². The molecule has 3 aromatic rings. The smallest absolute Gasteiger partial charge is 0.382 e. The van der Waals surface area contributed by atoms with E-state index in [2.05, 4.69) is 20.7 Å². The van der Waals surface area contributed by atoms with Crippen molar-refractivity contribution in [2.45, 2.75) is 62.8 Å². The molecule has 3 heterocycles. The van der Waals surface area contributed by atoms with Crippen molar-refractivity contribution >= 4 is 34.1 Å². The molecule has 0 unspecified atom stereocenters. The third-order valence-corrected chi connectivity index (χ3v) is 7.09. The minimum Gasteiger partial charge on any atom is -0.382 e. The van der Waals surface area contributed by atoms with Crippen LogP contribution in [0, 0.1) is 0 Å². The Balaban J connectivity index is 1.27. The second-order valence-electron chi connectivity index (χ2n) is 9.45. The number of hydrogen-bond acceptors (Lipinski definition) is 5. The molecule has 192 valence electrons. The predicted molar refractivity (Wildman–Crippen MR) is 130 cm³/mol. The van der Waals surface area contributed by atoms with Gasteiger partial charge in [-0.05, 0) is 62.8 Å². The number of pyridine rings is 1. The van der Waals surface area contributed by atoms with E-state index in [1.165, 1.54) is 12.1 Å². The van der Waals surface area contributed by atoms with Crippen LogP contribution in [0.3, 0.4) is 0 Å². The fourth-order valence-electron chi connectivity index (χ4n) is 5.01. The molecule has 36 heavy (non-hydrogen) atoms. The maximum atomic E-state index is 13.5. The minimum absolute atomic E-state index is 0.103. The van der Waals surface area contributed by atoms with Crippen molar-refractivity contribution in [2.24, 2.45) is 0 Å². The Labute approximate surface area is 211 Å². The molecule has 0 spiro atoms. The fourth-order valence-corrected chi connectivity index (χ4v) is 5.18. The summed E-state index contributed by atoms with van der Waals surface area (Å²) in [6.45, 7) is 1.37. The topological polar surface area (TPSA) is 81.1 Å². The maximum Gasteiger partial charge on any atom is 0.433 e. The number of benzene rings is 1. The van der Waals surface area contributed by atoms with Crippen LogP contribution in [0.5, 0.6) is 0 Å². The number of hydrogen-bond donors (Lipinski definition) is 2. The lowest BCUT2D eigenvalue weighted by molar-refractivity contribution is -0.140. The molecule has 1 amide bonds. The number of carbonyl (C=O) groups is 1. The summed E-state index contributed by atoms with van der Waals surface area (Å²) >= 11 is 6.11. The van der Waals surface area contributed by atoms with Crippen LogP contribution in [0.1, 0.15) is 60.6 Å². The zero-order chi connectivity index (χ0) is 25.3. The lowest BCUT2D eigenvalue weighted by Crippen LogP contribution is -2.41. The molecule has 0 bridgehead atoms. The van der Waals surface area contributed by atoms with Crippen LogP contribution >= 0.6 is 11.6 Å². The van der Waals surface area contributed by atoms with Gasteiger partial charge in [-0.15, -0.1) is 0 Å². The quantitative estimate of drug-likeness (QED) is 0.456. The monoisotopic (exact) mass is 521 g/mol. The summed E-state index contributed by atoms with van der Waals surface area (Å²) in [7, 11) is 0. The van der Waals surface area contributed by atoms with Gasteiger partial charge in [-0.1, -0.05) is 11.6 Å². The largest absolute Gasteiger partial charge is 0.433 e. The van der Waals surface area contributed by atoms with Crippen molar-refractivity contribution in [1.29, 1.82) is 0 Å². The molecule has 5 rings (SSSR count). The summed E-state index contributed by atoms with van der Waals surface area (Å²) in [5.41, 5.74) is 0.103. The maximum absolute atomic E-state index is 13.5. The second-order valence-corrected chi connectivity index (χ2v) is 9.88. The van der Waals surface area contributed by atoms with Gasteiger partial charge in [-0.25, -0.2) is 4.98 Å². The molecule has 2 aromatic heterocycles. The number of nitrogens with one attached hydrogen (secondary N) is 2. The van der Waals surface area contributed by atoms with E-state index in [1.807, 2.05) is 4.68 Å². The minimum atomic E-state index is -4.57. The normalized spacial score (nSPS) is 21.4. The Hall–Kier alpha value is -2.85. The number of ether oxygens (including phenoxy) is 1. The molecule has 7 nitrogen and oxygen atoms in total. The van der Waals surface area contributed by atoms with E-state index in [1.54, 1.807) is 18.5 Å². The summed E-state index contributed by atoms with van der Waals surface area (Å²) in [5, 5.41) is 11.7. The highest BCUT2D eigenvalue weighted by atomic mass is 35.5. The number of rotatable bonds is 5. The SMILES string of the molecule is O=C(N[C@@H]1CCC[C@H](Nc2cc(C(F)(F)F)nc3ccc(Cl)cc23)C1)c1cnn(C2CCOCC2)c1. The van der Waals surface area contributed by atoms with Gasteiger partial charge < -0.3 is 15.4 Å². The number of anilines is 1. The van der Waals surface area contributed by atoms with Crippen molar-refractivity contribution in [3.05, 3.63) is 52.9 Å². The average molecular weight is 522 g/mol. The van der Waals surface area contributed by atoms with Crippen LogP contribution in [-0.2, 0) is 10.9 Å². The molecule has 0 radical (unpaired) electrons. The first kappa shape index (κ1) is 24.8. The molecule has 1 aromatic carbocycles. The predicted octanol–water partition coefficient (Wildman–Crippen LogP) is 5.61. The summed E-state index contributed by atoms with van der Waals surface area (Å²) in [5.74, 6) is -0.195. The van der Waals surface area contributed by atoms with E-state index in [0.29, 0.717) is 41.3 Å². The molecule has 2 aliphatic rings. The lowest BCUT2D eigenvalue weighted by atomic mass is 9.90. The standard InChI is InChI=1S/C25H27ClF3N5O2/c26-16-4-5-21-20(10-16)22(12-23(33-21)25(27,28)29)31-17-2-1-3-18(11-17)32-24(35)15-13-30-34(14-15)19-6-8-36-9-7-19/h4-5,10,12-14,17-19H,1-3,6-9,11H2,(H,31,33)(H,32,35)/t17-,18+/m0/s1. The van der Waals surface area contributed by atoms with Gasteiger partial charge >= 0.3 is 6.18 Å². The van der Waals surface area contributed by atoms with Gasteiger partial charge in [0.25, 0.3) is 5.91 Å².